The summed E-state index contributed by atoms with van der Waals surface area (Å²) >= 11 is 6.20. The van der Waals surface area contributed by atoms with E-state index in [2.05, 4.69) is 61.9 Å². The zero-order chi connectivity index (χ0) is 18.9. The maximum Gasteiger partial charge on any atom is 0.0673 e. The molecule has 0 saturated heterocycles. The van der Waals surface area contributed by atoms with Crippen molar-refractivity contribution in [2.45, 2.75) is 46.6 Å². The summed E-state index contributed by atoms with van der Waals surface area (Å²) in [6, 6.07) is 12.4. The van der Waals surface area contributed by atoms with Crippen molar-refractivity contribution in [1.29, 1.82) is 0 Å². The van der Waals surface area contributed by atoms with E-state index >= 15 is 0 Å². The van der Waals surface area contributed by atoms with Gasteiger partial charge < -0.3 is 4.90 Å². The molecule has 136 valence electrons. The smallest absolute Gasteiger partial charge is 0.0673 e. The number of hydrogen-bond donors (Lipinski definition) is 0. The molecule has 0 fully saturated rings. The zero-order valence-corrected chi connectivity index (χ0v) is 17.1. The Labute approximate surface area is 162 Å². The molecule has 0 atom stereocenters. The Morgan fingerprint density at radius 2 is 1.92 bits per heavy atom. The van der Waals surface area contributed by atoms with Gasteiger partial charge >= 0.3 is 0 Å². The summed E-state index contributed by atoms with van der Waals surface area (Å²) in [4.78, 5) is 7.15. The van der Waals surface area contributed by atoms with Crippen molar-refractivity contribution in [2.75, 3.05) is 11.4 Å². The summed E-state index contributed by atoms with van der Waals surface area (Å²) in [7, 11) is 0. The quantitative estimate of drug-likeness (QED) is 0.542. The lowest BCUT2D eigenvalue weighted by molar-refractivity contribution is 0.550. The highest BCUT2D eigenvalue weighted by Crippen LogP contribution is 2.39. The van der Waals surface area contributed by atoms with Crippen molar-refractivity contribution in [2.24, 2.45) is 4.99 Å². The first kappa shape index (κ1) is 18.7. The molecule has 0 N–H and O–H groups in total. The van der Waals surface area contributed by atoms with Gasteiger partial charge in [-0.1, -0.05) is 36.7 Å². The minimum Gasteiger partial charge on any atom is -0.362 e. The number of nitrogens with zero attached hydrogens (tertiary/aromatic N) is 2. The van der Waals surface area contributed by atoms with Gasteiger partial charge in [-0.2, -0.15) is 0 Å². The lowest BCUT2D eigenvalue weighted by atomic mass is 9.88. The molecule has 2 aromatic carbocycles. The number of hydrogen-bond acceptors (Lipinski definition) is 2. The van der Waals surface area contributed by atoms with Crippen molar-refractivity contribution in [3.05, 3.63) is 64.2 Å². The molecule has 0 aliphatic carbocycles. The molecule has 3 heteroatoms. The van der Waals surface area contributed by atoms with Crippen LogP contribution in [-0.2, 0) is 0 Å². The summed E-state index contributed by atoms with van der Waals surface area (Å²) in [5.74, 6) is 0. The molecule has 26 heavy (non-hydrogen) atoms. The molecule has 1 aliphatic heterocycles. The van der Waals surface area contributed by atoms with Gasteiger partial charge in [-0.25, -0.2) is 0 Å². The van der Waals surface area contributed by atoms with Crippen LogP contribution in [0.3, 0.4) is 0 Å². The van der Waals surface area contributed by atoms with Gasteiger partial charge in [0.05, 0.1) is 11.2 Å². The van der Waals surface area contributed by atoms with Crippen molar-refractivity contribution in [1.82, 2.24) is 0 Å². The van der Waals surface area contributed by atoms with Gasteiger partial charge in [0.15, 0.2) is 0 Å². The number of halogens is 1. The second-order valence-corrected chi connectivity index (χ2v) is 7.96. The molecule has 3 rings (SSSR count). The molecular weight excluding hydrogens is 340 g/mol. The van der Waals surface area contributed by atoms with Gasteiger partial charge in [-0.15, -0.1) is 0 Å². The molecule has 0 amide bonds. The third kappa shape index (κ3) is 3.57. The van der Waals surface area contributed by atoms with Crippen LogP contribution in [0.5, 0.6) is 0 Å². The third-order valence-corrected chi connectivity index (χ3v) is 5.45. The largest absolute Gasteiger partial charge is 0.362 e. The lowest BCUT2D eigenvalue weighted by Gasteiger charge is -2.43. The summed E-state index contributed by atoms with van der Waals surface area (Å²) in [6.07, 6.45) is 5.43. The van der Waals surface area contributed by atoms with Crippen LogP contribution >= 0.6 is 11.6 Å². The lowest BCUT2D eigenvalue weighted by Crippen LogP contribution is -2.45. The highest BCUT2D eigenvalue weighted by molar-refractivity contribution is 6.31. The number of aliphatic imine (C=N–C) groups is 1. The van der Waals surface area contributed by atoms with Crippen LogP contribution in [0, 0.1) is 6.92 Å². The first-order chi connectivity index (χ1) is 12.3. The summed E-state index contributed by atoms with van der Waals surface area (Å²) in [5, 5.41) is 0.751. The molecule has 2 aromatic rings. The minimum absolute atomic E-state index is 0.0423. The van der Waals surface area contributed by atoms with Gasteiger partial charge in [0.25, 0.3) is 0 Å². The Bertz CT molecular complexity index is 878. The second kappa shape index (κ2) is 7.28. The standard InChI is InChI=1S/C23H27ClN2/c1-6-12-26-22-11-10-18(13-19(22)16(2)14-23(26,4)5)15-25-21-9-7-8-20(24)17(21)3/h7-11,13-15H,6,12H2,1-5H3. The molecule has 0 aromatic heterocycles. The van der Waals surface area contributed by atoms with E-state index in [9.17, 15) is 0 Å². The van der Waals surface area contributed by atoms with E-state index in [0.29, 0.717) is 0 Å². The van der Waals surface area contributed by atoms with E-state index in [0.717, 1.165) is 34.8 Å². The first-order valence-corrected chi connectivity index (χ1v) is 9.62. The van der Waals surface area contributed by atoms with Crippen LogP contribution < -0.4 is 4.90 Å². The Morgan fingerprint density at radius 1 is 1.15 bits per heavy atom. The highest BCUT2D eigenvalue weighted by atomic mass is 35.5. The van der Waals surface area contributed by atoms with Crippen LogP contribution in [0.25, 0.3) is 5.57 Å². The van der Waals surface area contributed by atoms with Crippen LogP contribution in [0.15, 0.2) is 47.5 Å². The Morgan fingerprint density at radius 3 is 2.65 bits per heavy atom. The molecule has 0 radical (unpaired) electrons. The fourth-order valence-electron chi connectivity index (χ4n) is 3.69. The molecule has 1 heterocycles. The van der Waals surface area contributed by atoms with Crippen molar-refractivity contribution in [3.63, 3.8) is 0 Å². The van der Waals surface area contributed by atoms with Gasteiger partial charge in [0, 0.05) is 29.0 Å². The fourth-order valence-corrected chi connectivity index (χ4v) is 3.86. The molecular formula is C23H27ClN2. The average Bonchev–Trinajstić information content (AvgIpc) is 2.59. The monoisotopic (exact) mass is 366 g/mol. The predicted octanol–water partition coefficient (Wildman–Crippen LogP) is 6.81. The van der Waals surface area contributed by atoms with E-state index in [1.165, 1.54) is 16.8 Å². The molecule has 0 spiro atoms. The third-order valence-electron chi connectivity index (χ3n) is 5.04. The van der Waals surface area contributed by atoms with E-state index in [1.54, 1.807) is 0 Å². The molecule has 0 bridgehead atoms. The molecule has 1 aliphatic rings. The van der Waals surface area contributed by atoms with Crippen molar-refractivity contribution in [3.8, 4) is 0 Å². The summed E-state index contributed by atoms with van der Waals surface area (Å²) < 4.78 is 0. The molecule has 2 nitrogen and oxygen atoms in total. The topological polar surface area (TPSA) is 15.6 Å². The number of fused-ring (bicyclic) bond motifs is 1. The maximum absolute atomic E-state index is 6.20. The zero-order valence-electron chi connectivity index (χ0n) is 16.3. The predicted molar refractivity (Wildman–Crippen MR) is 115 cm³/mol. The molecule has 0 saturated carbocycles. The Balaban J connectivity index is 1.97. The van der Waals surface area contributed by atoms with E-state index in [-0.39, 0.29) is 5.54 Å². The number of allylic oxidation sites excluding steroid dienone is 1. The second-order valence-electron chi connectivity index (χ2n) is 7.55. The fraction of sp³-hybridized carbons (Fsp3) is 0.348. The normalized spacial score (nSPS) is 15.9. The van der Waals surface area contributed by atoms with Crippen molar-refractivity contribution < 1.29 is 0 Å². The first-order valence-electron chi connectivity index (χ1n) is 9.24. The van der Waals surface area contributed by atoms with Crippen LogP contribution in [0.4, 0.5) is 11.4 Å². The van der Waals surface area contributed by atoms with Crippen LogP contribution in [-0.4, -0.2) is 18.3 Å². The number of anilines is 1. The van der Waals surface area contributed by atoms with Crippen molar-refractivity contribution >= 4 is 34.8 Å². The van der Waals surface area contributed by atoms with Gasteiger partial charge in [-0.05, 0) is 75.1 Å². The summed E-state index contributed by atoms with van der Waals surface area (Å²) in [5.41, 5.74) is 7.00. The van der Waals surface area contributed by atoms with Gasteiger partial charge in [0.1, 0.15) is 0 Å². The SMILES string of the molecule is CCCN1c2ccc(C=Nc3cccc(Cl)c3C)cc2C(C)=CC1(C)C. The average molecular weight is 367 g/mol. The van der Waals surface area contributed by atoms with Gasteiger partial charge in [-0.3, -0.25) is 4.99 Å². The van der Waals surface area contributed by atoms with Crippen LogP contribution in [0.2, 0.25) is 5.02 Å². The summed E-state index contributed by atoms with van der Waals surface area (Å²) in [6.45, 7) is 12.1. The number of rotatable bonds is 4. The van der Waals surface area contributed by atoms with E-state index in [1.807, 2.05) is 31.3 Å². The number of benzene rings is 2. The Kier molecular flexibility index (Phi) is 5.24. The maximum atomic E-state index is 6.20. The van der Waals surface area contributed by atoms with E-state index in [4.69, 9.17) is 11.6 Å². The van der Waals surface area contributed by atoms with E-state index < -0.39 is 0 Å². The highest BCUT2D eigenvalue weighted by Gasteiger charge is 2.30. The van der Waals surface area contributed by atoms with Gasteiger partial charge in [0.2, 0.25) is 0 Å². The minimum atomic E-state index is 0.0423. The molecule has 0 unspecified atom stereocenters. The Hall–Kier alpha value is -2.06. The van der Waals surface area contributed by atoms with Crippen LogP contribution in [0.1, 0.15) is 50.8 Å².